The van der Waals surface area contributed by atoms with Crippen LogP contribution in [0.15, 0.2) is 48.7 Å². The van der Waals surface area contributed by atoms with E-state index in [0.29, 0.717) is 34.1 Å². The Balaban J connectivity index is 1.30. The summed E-state index contributed by atoms with van der Waals surface area (Å²) in [7, 11) is 0. The molecule has 5 rings (SSSR count). The van der Waals surface area contributed by atoms with Gasteiger partial charge in [-0.1, -0.05) is 30.7 Å². The minimum Gasteiger partial charge on any atom is -0.369 e. The minimum atomic E-state index is -0.298. The van der Waals surface area contributed by atoms with Crippen LogP contribution < -0.4 is 20.9 Å². The number of piperazine rings is 1. The van der Waals surface area contributed by atoms with Gasteiger partial charge in [-0.3, -0.25) is 4.79 Å². The van der Waals surface area contributed by atoms with Crippen LogP contribution in [0.2, 0.25) is 5.02 Å². The molecule has 9 heteroatoms. The largest absolute Gasteiger partial charge is 0.369 e. The fourth-order valence-electron chi connectivity index (χ4n) is 4.32. The number of aromatic nitrogens is 2. The molecule has 1 saturated heterocycles. The summed E-state index contributed by atoms with van der Waals surface area (Å²) in [6.07, 6.45) is 3.68. The molecule has 2 aliphatic rings. The predicted molar refractivity (Wildman–Crippen MR) is 147 cm³/mol. The molecule has 1 aliphatic carbocycles. The predicted octanol–water partition coefficient (Wildman–Crippen LogP) is 5.15. The molecular formula is C27H32ClN7O. The second kappa shape index (κ2) is 10.7. The van der Waals surface area contributed by atoms with Crippen LogP contribution in [0.25, 0.3) is 0 Å². The van der Waals surface area contributed by atoms with Crippen molar-refractivity contribution in [2.75, 3.05) is 53.6 Å². The lowest BCUT2D eigenvalue weighted by Crippen LogP contribution is -2.46. The first-order valence-electron chi connectivity index (χ1n) is 12.5. The summed E-state index contributed by atoms with van der Waals surface area (Å²) < 4.78 is 0. The number of carbonyl (C=O) groups excluding carboxylic acids is 1. The van der Waals surface area contributed by atoms with Gasteiger partial charge in [0.15, 0.2) is 0 Å². The van der Waals surface area contributed by atoms with Gasteiger partial charge < -0.3 is 25.8 Å². The van der Waals surface area contributed by atoms with Gasteiger partial charge in [0, 0.05) is 49.8 Å². The van der Waals surface area contributed by atoms with E-state index < -0.39 is 0 Å². The highest BCUT2D eigenvalue weighted by Gasteiger charge is 2.25. The third-order valence-electron chi connectivity index (χ3n) is 6.72. The number of hydrogen-bond acceptors (Lipinski definition) is 7. The molecule has 1 aliphatic heterocycles. The van der Waals surface area contributed by atoms with E-state index in [1.165, 1.54) is 5.69 Å². The quantitative estimate of drug-likeness (QED) is 0.390. The molecule has 2 fully saturated rings. The van der Waals surface area contributed by atoms with Crippen LogP contribution in [-0.2, 0) is 0 Å². The summed E-state index contributed by atoms with van der Waals surface area (Å²) in [5.74, 6) is 0.656. The number of likely N-dealkylation sites (N-methyl/N-ethyl adjacent to an activating group) is 1. The van der Waals surface area contributed by atoms with Crippen molar-refractivity contribution >= 4 is 46.3 Å². The van der Waals surface area contributed by atoms with Crippen molar-refractivity contribution in [3.63, 3.8) is 0 Å². The Morgan fingerprint density at radius 1 is 1.08 bits per heavy atom. The van der Waals surface area contributed by atoms with Gasteiger partial charge >= 0.3 is 0 Å². The van der Waals surface area contributed by atoms with Crippen molar-refractivity contribution in [1.29, 1.82) is 0 Å². The molecular weight excluding hydrogens is 474 g/mol. The van der Waals surface area contributed by atoms with E-state index in [1.807, 2.05) is 31.2 Å². The smallest absolute Gasteiger partial charge is 0.261 e. The number of anilines is 5. The number of halogens is 1. The normalized spacial score (nSPS) is 16.0. The highest BCUT2D eigenvalue weighted by Crippen LogP contribution is 2.29. The molecule has 1 aromatic heterocycles. The van der Waals surface area contributed by atoms with Crippen LogP contribution in [0, 0.1) is 6.92 Å². The van der Waals surface area contributed by atoms with Crippen molar-refractivity contribution in [1.82, 2.24) is 14.9 Å². The monoisotopic (exact) mass is 505 g/mol. The second-order valence-corrected chi connectivity index (χ2v) is 9.76. The molecule has 36 heavy (non-hydrogen) atoms. The highest BCUT2D eigenvalue weighted by molar-refractivity contribution is 6.34. The van der Waals surface area contributed by atoms with Gasteiger partial charge in [0.25, 0.3) is 5.91 Å². The standard InChI is InChI=1S/C27H32ClN7O/c1-3-34-13-15-35(16-14-34)21-11-9-20(10-12-21)31-27-29-17-22(25(33-27)30-19-7-8-19)26(36)32-24-18(2)5-4-6-23(24)28/h4-6,9-12,17,19H,3,7-8,13-16H2,1-2H3,(H,32,36)(H2,29,30,31,33). The summed E-state index contributed by atoms with van der Waals surface area (Å²) >= 11 is 6.31. The first-order valence-corrected chi connectivity index (χ1v) is 12.9. The van der Waals surface area contributed by atoms with Crippen LogP contribution >= 0.6 is 11.6 Å². The molecule has 1 amide bonds. The summed E-state index contributed by atoms with van der Waals surface area (Å²) in [4.78, 5) is 27.1. The molecule has 3 N–H and O–H groups in total. The van der Waals surface area contributed by atoms with E-state index in [1.54, 1.807) is 12.3 Å². The second-order valence-electron chi connectivity index (χ2n) is 9.35. The molecule has 0 bridgehead atoms. The Kier molecular flexibility index (Phi) is 7.25. The van der Waals surface area contributed by atoms with E-state index in [0.717, 1.165) is 56.8 Å². The maximum absolute atomic E-state index is 13.1. The molecule has 188 valence electrons. The molecule has 0 spiro atoms. The average Bonchev–Trinajstić information content (AvgIpc) is 3.71. The number of aryl methyl sites for hydroxylation is 1. The van der Waals surface area contributed by atoms with Crippen LogP contribution in [0.3, 0.4) is 0 Å². The van der Waals surface area contributed by atoms with Gasteiger partial charge in [0.05, 0.1) is 10.7 Å². The zero-order valence-electron chi connectivity index (χ0n) is 20.7. The third kappa shape index (κ3) is 5.71. The van der Waals surface area contributed by atoms with Crippen molar-refractivity contribution < 1.29 is 4.79 Å². The van der Waals surface area contributed by atoms with Crippen molar-refractivity contribution in [3.8, 4) is 0 Å². The number of rotatable bonds is 8. The summed E-state index contributed by atoms with van der Waals surface area (Å²) in [6, 6.07) is 14.2. The third-order valence-corrected chi connectivity index (χ3v) is 7.04. The number of nitrogens with zero attached hydrogens (tertiary/aromatic N) is 4. The Morgan fingerprint density at radius 3 is 2.50 bits per heavy atom. The van der Waals surface area contributed by atoms with Gasteiger partial charge in [-0.2, -0.15) is 4.98 Å². The van der Waals surface area contributed by atoms with Crippen molar-refractivity contribution in [3.05, 3.63) is 64.8 Å². The first-order chi connectivity index (χ1) is 17.5. The van der Waals surface area contributed by atoms with E-state index in [-0.39, 0.29) is 5.91 Å². The van der Waals surface area contributed by atoms with Gasteiger partial charge in [0.2, 0.25) is 5.95 Å². The molecule has 8 nitrogen and oxygen atoms in total. The lowest BCUT2D eigenvalue weighted by Gasteiger charge is -2.35. The van der Waals surface area contributed by atoms with Gasteiger partial charge in [0.1, 0.15) is 11.4 Å². The summed E-state index contributed by atoms with van der Waals surface area (Å²) in [5.41, 5.74) is 3.98. The number of para-hydroxylation sites is 1. The fourth-order valence-corrected chi connectivity index (χ4v) is 4.59. The summed E-state index contributed by atoms with van der Waals surface area (Å²) in [6.45, 7) is 9.49. The van der Waals surface area contributed by atoms with Crippen molar-refractivity contribution in [2.24, 2.45) is 0 Å². The van der Waals surface area contributed by atoms with E-state index in [4.69, 9.17) is 11.6 Å². The van der Waals surface area contributed by atoms with Gasteiger partial charge in [-0.25, -0.2) is 4.98 Å². The van der Waals surface area contributed by atoms with Crippen LogP contribution in [0.4, 0.5) is 28.8 Å². The van der Waals surface area contributed by atoms with E-state index in [2.05, 4.69) is 54.8 Å². The molecule has 0 unspecified atom stereocenters. The number of carbonyl (C=O) groups is 1. The van der Waals surface area contributed by atoms with Crippen LogP contribution in [-0.4, -0.2) is 59.5 Å². The maximum atomic E-state index is 13.1. The van der Waals surface area contributed by atoms with Gasteiger partial charge in [-0.15, -0.1) is 0 Å². The SMILES string of the molecule is CCN1CCN(c2ccc(Nc3ncc(C(=O)Nc4c(C)cccc4Cl)c(NC4CC4)n3)cc2)CC1. The number of hydrogen-bond donors (Lipinski definition) is 3. The maximum Gasteiger partial charge on any atom is 0.261 e. The van der Waals surface area contributed by atoms with Crippen LogP contribution in [0.5, 0.6) is 0 Å². The highest BCUT2D eigenvalue weighted by atomic mass is 35.5. The van der Waals surface area contributed by atoms with Crippen LogP contribution in [0.1, 0.15) is 35.7 Å². The Bertz CT molecular complexity index is 1200. The molecule has 3 aromatic rings. The Labute approximate surface area is 217 Å². The molecule has 2 aromatic carbocycles. The molecule has 0 radical (unpaired) electrons. The minimum absolute atomic E-state index is 0.298. The lowest BCUT2D eigenvalue weighted by atomic mass is 10.2. The van der Waals surface area contributed by atoms with Gasteiger partial charge in [-0.05, 0) is 62.2 Å². The Hall–Kier alpha value is -3.36. The Morgan fingerprint density at radius 2 is 1.83 bits per heavy atom. The number of benzene rings is 2. The number of nitrogens with one attached hydrogen (secondary N) is 3. The lowest BCUT2D eigenvalue weighted by molar-refractivity contribution is 0.102. The topological polar surface area (TPSA) is 85.4 Å². The van der Waals surface area contributed by atoms with E-state index in [9.17, 15) is 4.79 Å². The molecule has 1 saturated carbocycles. The zero-order valence-corrected chi connectivity index (χ0v) is 21.5. The number of amides is 1. The average molecular weight is 506 g/mol. The first kappa shape index (κ1) is 24.3. The van der Waals surface area contributed by atoms with Crippen molar-refractivity contribution in [2.45, 2.75) is 32.7 Å². The zero-order chi connectivity index (χ0) is 25.1. The van der Waals surface area contributed by atoms with E-state index >= 15 is 0 Å². The fraction of sp³-hybridized carbons (Fsp3) is 0.370. The molecule has 2 heterocycles. The summed E-state index contributed by atoms with van der Waals surface area (Å²) in [5, 5.41) is 10.1. The molecule has 0 atom stereocenters.